The third kappa shape index (κ3) is 5.08. The van der Waals surface area contributed by atoms with E-state index in [0.29, 0.717) is 18.7 Å². The summed E-state index contributed by atoms with van der Waals surface area (Å²) in [7, 11) is 0. The summed E-state index contributed by atoms with van der Waals surface area (Å²) in [5.41, 5.74) is 3.00. The molecule has 0 aliphatic carbocycles. The Bertz CT molecular complexity index is 1060. The van der Waals surface area contributed by atoms with Crippen LogP contribution in [0.4, 0.5) is 0 Å². The number of carbonyl (C=O) groups excluding carboxylic acids is 1. The number of benzene rings is 2. The lowest BCUT2D eigenvalue weighted by molar-refractivity contribution is -0.133. The number of halogens is 1. The van der Waals surface area contributed by atoms with Crippen molar-refractivity contribution in [3.8, 4) is 17.0 Å². The minimum atomic E-state index is 0.156. The molecule has 1 amide bonds. The molecule has 4 rings (SSSR count). The molecule has 0 N–H and O–H groups in total. The summed E-state index contributed by atoms with van der Waals surface area (Å²) < 4.78 is 7.06. The number of ether oxygens (including phenoxy) is 1. The van der Waals surface area contributed by atoms with E-state index in [1.165, 1.54) is 0 Å². The Kier molecular flexibility index (Phi) is 6.58. The molecule has 5 nitrogen and oxygen atoms in total. The lowest BCUT2D eigenvalue weighted by Gasteiger charge is -2.44. The number of hydrogen-bond donors (Lipinski definition) is 0. The van der Waals surface area contributed by atoms with Crippen molar-refractivity contribution in [2.75, 3.05) is 26.2 Å². The van der Waals surface area contributed by atoms with Crippen LogP contribution in [0.15, 0.2) is 59.1 Å². The summed E-state index contributed by atoms with van der Waals surface area (Å²) in [5, 5.41) is 1.12. The Morgan fingerprint density at radius 1 is 1.06 bits per heavy atom. The second-order valence-corrected chi connectivity index (χ2v) is 9.18. The fraction of sp³-hybridized carbons (Fsp3) is 0.360. The molecular formula is C25H28BrN3O2. The van der Waals surface area contributed by atoms with Crippen LogP contribution in [0.2, 0.25) is 0 Å². The number of piperazine rings is 1. The Morgan fingerprint density at radius 2 is 1.77 bits per heavy atom. The minimum Gasteiger partial charge on any atom is -0.492 e. The van der Waals surface area contributed by atoms with Crippen molar-refractivity contribution in [3.05, 3.63) is 59.1 Å². The highest BCUT2D eigenvalue weighted by atomic mass is 79.9. The molecule has 1 saturated heterocycles. The summed E-state index contributed by atoms with van der Waals surface area (Å²) in [4.78, 5) is 20.8. The lowest BCUT2D eigenvalue weighted by atomic mass is 10.1. The number of hydrogen-bond acceptors (Lipinski definition) is 4. The average Bonchev–Trinajstić information content (AvgIpc) is 2.75. The third-order valence-electron chi connectivity index (χ3n) is 5.97. The Labute approximate surface area is 192 Å². The highest BCUT2D eigenvalue weighted by molar-refractivity contribution is 9.10. The summed E-state index contributed by atoms with van der Waals surface area (Å²) in [6.45, 7) is 9.03. The van der Waals surface area contributed by atoms with Gasteiger partial charge < -0.3 is 9.64 Å². The van der Waals surface area contributed by atoms with Gasteiger partial charge in [0.1, 0.15) is 12.4 Å². The molecule has 6 heteroatoms. The van der Waals surface area contributed by atoms with Gasteiger partial charge in [0.2, 0.25) is 5.91 Å². The van der Waals surface area contributed by atoms with Crippen molar-refractivity contribution in [2.45, 2.75) is 32.9 Å². The number of amides is 1. The summed E-state index contributed by atoms with van der Waals surface area (Å²) >= 11 is 3.50. The monoisotopic (exact) mass is 481 g/mol. The van der Waals surface area contributed by atoms with Crippen molar-refractivity contribution >= 4 is 32.7 Å². The number of aromatic nitrogens is 1. The van der Waals surface area contributed by atoms with E-state index in [1.54, 1.807) is 6.92 Å². The summed E-state index contributed by atoms with van der Waals surface area (Å²) in [6.07, 6.45) is 0. The van der Waals surface area contributed by atoms with Crippen molar-refractivity contribution in [3.63, 3.8) is 0 Å². The van der Waals surface area contributed by atoms with Crippen LogP contribution in [0.25, 0.3) is 22.2 Å². The van der Waals surface area contributed by atoms with Crippen LogP contribution >= 0.6 is 15.9 Å². The van der Waals surface area contributed by atoms with Crippen molar-refractivity contribution in [1.82, 2.24) is 14.8 Å². The molecule has 3 aromatic rings. The van der Waals surface area contributed by atoms with E-state index in [1.807, 2.05) is 35.2 Å². The normalized spacial score (nSPS) is 19.5. The first-order valence-electron chi connectivity index (χ1n) is 10.7. The molecule has 1 aliphatic heterocycles. The largest absolute Gasteiger partial charge is 0.492 e. The lowest BCUT2D eigenvalue weighted by Crippen LogP contribution is -2.58. The van der Waals surface area contributed by atoms with Crippen LogP contribution < -0.4 is 4.74 Å². The topological polar surface area (TPSA) is 45.7 Å². The second-order valence-electron chi connectivity index (χ2n) is 8.27. The van der Waals surface area contributed by atoms with E-state index in [9.17, 15) is 4.79 Å². The summed E-state index contributed by atoms with van der Waals surface area (Å²) in [6, 6.07) is 19.0. The zero-order valence-electron chi connectivity index (χ0n) is 18.2. The van der Waals surface area contributed by atoms with Gasteiger partial charge in [-0.2, -0.15) is 0 Å². The van der Waals surface area contributed by atoms with Gasteiger partial charge in [-0.3, -0.25) is 9.69 Å². The fourth-order valence-electron chi connectivity index (χ4n) is 4.30. The average molecular weight is 482 g/mol. The molecule has 2 heterocycles. The number of rotatable bonds is 5. The van der Waals surface area contributed by atoms with Gasteiger partial charge in [-0.05, 0) is 62.4 Å². The molecule has 0 radical (unpaired) electrons. The van der Waals surface area contributed by atoms with Crippen LogP contribution in [0.3, 0.4) is 0 Å². The van der Waals surface area contributed by atoms with E-state index in [2.05, 4.69) is 58.9 Å². The summed E-state index contributed by atoms with van der Waals surface area (Å²) in [5.74, 6) is 1.01. The van der Waals surface area contributed by atoms with Gasteiger partial charge in [0.25, 0.3) is 0 Å². The molecule has 2 atom stereocenters. The first-order chi connectivity index (χ1) is 14.9. The quantitative estimate of drug-likeness (QED) is 0.515. The van der Waals surface area contributed by atoms with E-state index in [-0.39, 0.29) is 5.91 Å². The molecule has 1 aliphatic rings. The van der Waals surface area contributed by atoms with Gasteiger partial charge in [-0.15, -0.1) is 0 Å². The van der Waals surface area contributed by atoms with Crippen molar-refractivity contribution in [2.24, 2.45) is 0 Å². The van der Waals surface area contributed by atoms with E-state index in [4.69, 9.17) is 9.72 Å². The molecule has 2 aromatic carbocycles. The molecule has 31 heavy (non-hydrogen) atoms. The number of fused-ring (bicyclic) bond motifs is 1. The first kappa shape index (κ1) is 21.8. The third-order valence-corrected chi connectivity index (χ3v) is 6.46. The maximum atomic E-state index is 11.7. The zero-order chi connectivity index (χ0) is 22.0. The molecule has 0 saturated carbocycles. The maximum absolute atomic E-state index is 11.7. The number of carbonyl (C=O) groups is 1. The van der Waals surface area contributed by atoms with Gasteiger partial charge >= 0.3 is 0 Å². The van der Waals surface area contributed by atoms with Gasteiger partial charge in [-0.1, -0.05) is 22.0 Å². The molecule has 0 spiro atoms. The Hall–Kier alpha value is -2.44. The fourth-order valence-corrected chi connectivity index (χ4v) is 4.68. The minimum absolute atomic E-state index is 0.156. The SMILES string of the molecule is CC(=O)N1C[C@@H](C)N(CCOc2ccc(-c3ccc4cc(Br)ccc4n3)cc2)[C@@H](C)C1. The molecule has 1 fully saturated rings. The van der Waals surface area contributed by atoms with Crippen LogP contribution in [0.5, 0.6) is 5.75 Å². The van der Waals surface area contributed by atoms with Gasteiger partial charge in [0.05, 0.1) is 11.2 Å². The number of nitrogens with zero attached hydrogens (tertiary/aromatic N) is 3. The highest BCUT2D eigenvalue weighted by Crippen LogP contribution is 2.25. The first-order valence-corrected chi connectivity index (χ1v) is 11.5. The van der Waals surface area contributed by atoms with Gasteiger partial charge in [0, 0.05) is 54.1 Å². The molecule has 0 bridgehead atoms. The van der Waals surface area contributed by atoms with E-state index < -0.39 is 0 Å². The van der Waals surface area contributed by atoms with E-state index in [0.717, 1.165) is 52.0 Å². The Balaban J connectivity index is 1.35. The molecule has 0 unspecified atom stereocenters. The van der Waals surface area contributed by atoms with Crippen molar-refractivity contribution in [1.29, 1.82) is 0 Å². The smallest absolute Gasteiger partial charge is 0.219 e. The van der Waals surface area contributed by atoms with Crippen LogP contribution in [-0.2, 0) is 4.79 Å². The van der Waals surface area contributed by atoms with Crippen LogP contribution in [0, 0.1) is 0 Å². The maximum Gasteiger partial charge on any atom is 0.219 e. The second kappa shape index (κ2) is 9.37. The highest BCUT2D eigenvalue weighted by Gasteiger charge is 2.30. The molecule has 1 aromatic heterocycles. The van der Waals surface area contributed by atoms with Gasteiger partial charge in [-0.25, -0.2) is 4.98 Å². The Morgan fingerprint density at radius 3 is 2.45 bits per heavy atom. The van der Waals surface area contributed by atoms with Gasteiger partial charge in [0.15, 0.2) is 0 Å². The number of pyridine rings is 1. The van der Waals surface area contributed by atoms with Crippen LogP contribution in [0.1, 0.15) is 20.8 Å². The molecule has 162 valence electrons. The van der Waals surface area contributed by atoms with Crippen molar-refractivity contribution < 1.29 is 9.53 Å². The standard InChI is InChI=1S/C25H28BrN3O2/c1-17-15-28(19(3)30)16-18(2)29(17)12-13-31-23-8-4-20(5-9-23)24-10-6-21-14-22(26)7-11-25(21)27-24/h4-11,14,17-18H,12-13,15-16H2,1-3H3/t17-,18+. The predicted octanol–water partition coefficient (Wildman–Crippen LogP) is 4.98. The molecular weight excluding hydrogens is 454 g/mol. The van der Waals surface area contributed by atoms with E-state index >= 15 is 0 Å². The van der Waals surface area contributed by atoms with Crippen LogP contribution in [-0.4, -0.2) is 59.0 Å². The predicted molar refractivity (Wildman–Crippen MR) is 128 cm³/mol. The zero-order valence-corrected chi connectivity index (χ0v) is 19.8.